The molecule has 0 fully saturated rings. The van der Waals surface area contributed by atoms with Gasteiger partial charge in [-0.15, -0.1) is 0 Å². The van der Waals surface area contributed by atoms with E-state index in [0.29, 0.717) is 0 Å². The summed E-state index contributed by atoms with van der Waals surface area (Å²) in [4.78, 5) is 12.0. The Bertz CT molecular complexity index is 1150. The van der Waals surface area contributed by atoms with Crippen LogP contribution in [0.25, 0.3) is 23.1 Å². The van der Waals surface area contributed by atoms with Crippen LogP contribution >= 0.6 is 0 Å². The van der Waals surface area contributed by atoms with Crippen LogP contribution in [0.4, 0.5) is 0 Å². The second kappa shape index (κ2) is 8.18. The number of nitrogens with one attached hydrogen (secondary N) is 1. The molecule has 0 bridgehead atoms. The van der Waals surface area contributed by atoms with Gasteiger partial charge >= 0.3 is 0 Å². The van der Waals surface area contributed by atoms with E-state index in [9.17, 15) is 13.2 Å². The van der Waals surface area contributed by atoms with E-state index in [1.807, 2.05) is 60.7 Å². The Balaban J connectivity index is 1.81. The number of sulfone groups is 1. The Morgan fingerprint density at radius 1 is 1.17 bits per heavy atom. The van der Waals surface area contributed by atoms with Gasteiger partial charge in [-0.05, 0) is 36.6 Å². The van der Waals surface area contributed by atoms with Crippen LogP contribution in [0.3, 0.4) is 0 Å². The van der Waals surface area contributed by atoms with Gasteiger partial charge in [0.05, 0.1) is 11.7 Å². The molecule has 1 aromatic heterocycles. The summed E-state index contributed by atoms with van der Waals surface area (Å²) in [6, 6.07) is 15.8. The van der Waals surface area contributed by atoms with Crippen molar-refractivity contribution in [3.05, 3.63) is 65.9 Å². The number of hydrogen-bond donors (Lipinski definition) is 2. The molecule has 0 aliphatic carbocycles. The van der Waals surface area contributed by atoms with Crippen LogP contribution in [-0.2, 0) is 21.2 Å². The predicted octanol–water partition coefficient (Wildman–Crippen LogP) is 2.91. The lowest BCUT2D eigenvalue weighted by molar-refractivity contribution is -0.131. The highest BCUT2D eigenvalue weighted by Gasteiger charge is 2.43. The molecule has 0 aliphatic heterocycles. The van der Waals surface area contributed by atoms with Crippen molar-refractivity contribution in [2.45, 2.75) is 24.6 Å². The summed E-state index contributed by atoms with van der Waals surface area (Å²) in [5, 5.41) is 14.2. The van der Waals surface area contributed by atoms with Crippen LogP contribution in [0, 0.1) is 0 Å². The lowest BCUT2D eigenvalue weighted by Crippen LogP contribution is -2.49. The summed E-state index contributed by atoms with van der Waals surface area (Å²) in [5.41, 5.74) is 4.41. The normalized spacial score (nSPS) is 14.2. The standard InChI is InChI=1S/C21H23N3O4S/c1-21(20(25)23-26,29(2,27)28)12-13-24-19-11-10-17(14-18(19)15-22-24)9-8-16-6-4-3-5-7-16/h3-11,14-15,26H,12-13H2,1-2H3,(H,23,25). The van der Waals surface area contributed by atoms with E-state index < -0.39 is 20.5 Å². The van der Waals surface area contributed by atoms with Gasteiger partial charge in [-0.3, -0.25) is 14.7 Å². The van der Waals surface area contributed by atoms with E-state index in [2.05, 4.69) is 5.10 Å². The van der Waals surface area contributed by atoms with Crippen LogP contribution < -0.4 is 5.48 Å². The molecule has 1 amide bonds. The fraction of sp³-hybridized carbons (Fsp3) is 0.238. The molecule has 0 saturated carbocycles. The lowest BCUT2D eigenvalue weighted by atomic mass is 10.1. The van der Waals surface area contributed by atoms with Crippen molar-refractivity contribution in [1.29, 1.82) is 0 Å². The largest absolute Gasteiger partial charge is 0.289 e. The molecule has 3 rings (SSSR count). The van der Waals surface area contributed by atoms with E-state index in [0.717, 1.165) is 28.3 Å². The molecule has 8 heteroatoms. The highest BCUT2D eigenvalue weighted by molar-refractivity contribution is 7.92. The summed E-state index contributed by atoms with van der Waals surface area (Å²) in [6.07, 6.45) is 6.70. The Labute approximate surface area is 169 Å². The first kappa shape index (κ1) is 20.8. The molecule has 29 heavy (non-hydrogen) atoms. The molecule has 0 radical (unpaired) electrons. The molecule has 2 aromatic carbocycles. The van der Waals surface area contributed by atoms with Gasteiger partial charge in [0, 0.05) is 18.2 Å². The van der Waals surface area contributed by atoms with E-state index in [1.54, 1.807) is 10.9 Å². The first-order chi connectivity index (χ1) is 13.7. The fourth-order valence-corrected chi connectivity index (χ4v) is 3.89. The highest BCUT2D eigenvalue weighted by Crippen LogP contribution is 2.24. The average Bonchev–Trinajstić information content (AvgIpc) is 3.12. The topological polar surface area (TPSA) is 101 Å². The molecule has 1 atom stereocenters. The summed E-state index contributed by atoms with van der Waals surface area (Å²) in [7, 11) is -3.75. The zero-order chi connectivity index (χ0) is 21.1. The minimum absolute atomic E-state index is 0.0231. The Kier molecular flexibility index (Phi) is 5.86. The van der Waals surface area contributed by atoms with Crippen molar-refractivity contribution in [3.8, 4) is 0 Å². The average molecular weight is 413 g/mol. The molecule has 1 unspecified atom stereocenters. The summed E-state index contributed by atoms with van der Waals surface area (Å²) >= 11 is 0. The van der Waals surface area contributed by atoms with Gasteiger partial charge in [0.15, 0.2) is 14.6 Å². The highest BCUT2D eigenvalue weighted by atomic mass is 32.2. The number of aromatic nitrogens is 2. The van der Waals surface area contributed by atoms with Gasteiger partial charge in [0.2, 0.25) is 0 Å². The zero-order valence-electron chi connectivity index (χ0n) is 16.2. The number of amides is 1. The van der Waals surface area contributed by atoms with Crippen LogP contribution in [0.15, 0.2) is 54.7 Å². The number of aryl methyl sites for hydroxylation is 1. The monoisotopic (exact) mass is 413 g/mol. The second-order valence-corrected chi connectivity index (χ2v) is 9.57. The maximum absolute atomic E-state index is 12.1. The zero-order valence-corrected chi connectivity index (χ0v) is 17.1. The maximum Gasteiger partial charge on any atom is 0.264 e. The Hall–Kier alpha value is -2.97. The third-order valence-corrected chi connectivity index (χ3v) is 7.16. The number of carbonyl (C=O) groups excluding carboxylic acids is 1. The van der Waals surface area contributed by atoms with Gasteiger partial charge in [-0.1, -0.05) is 48.6 Å². The van der Waals surface area contributed by atoms with E-state index >= 15 is 0 Å². The van der Waals surface area contributed by atoms with Gasteiger partial charge in [0.25, 0.3) is 5.91 Å². The Morgan fingerprint density at radius 2 is 1.86 bits per heavy atom. The molecule has 0 spiro atoms. The molecule has 1 heterocycles. The quantitative estimate of drug-likeness (QED) is 0.352. The number of benzene rings is 2. The molecule has 3 aromatic rings. The number of fused-ring (bicyclic) bond motifs is 1. The third-order valence-electron chi connectivity index (χ3n) is 5.13. The van der Waals surface area contributed by atoms with Gasteiger partial charge in [-0.25, -0.2) is 13.9 Å². The smallest absolute Gasteiger partial charge is 0.264 e. The van der Waals surface area contributed by atoms with Crippen LogP contribution in [0.5, 0.6) is 0 Å². The number of nitrogens with zero attached hydrogens (tertiary/aromatic N) is 2. The van der Waals surface area contributed by atoms with Crippen molar-refractivity contribution in [3.63, 3.8) is 0 Å². The van der Waals surface area contributed by atoms with Crippen LogP contribution in [-0.4, -0.2) is 40.3 Å². The molecule has 152 valence electrons. The van der Waals surface area contributed by atoms with Gasteiger partial charge in [0.1, 0.15) is 0 Å². The SMILES string of the molecule is CC(CCn1ncc2cc(C=Cc3ccccc3)ccc21)(C(=O)NO)S(C)(=O)=O. The molecule has 7 nitrogen and oxygen atoms in total. The first-order valence-corrected chi connectivity index (χ1v) is 11.0. The number of hydroxylamine groups is 1. The summed E-state index contributed by atoms with van der Waals surface area (Å²) in [5.74, 6) is -0.954. The molecular formula is C21H23N3O4S. The second-order valence-electron chi connectivity index (χ2n) is 7.12. The molecule has 2 N–H and O–H groups in total. The number of rotatable bonds is 7. The van der Waals surface area contributed by atoms with Gasteiger partial charge < -0.3 is 0 Å². The van der Waals surface area contributed by atoms with Crippen LogP contribution in [0.1, 0.15) is 24.5 Å². The minimum Gasteiger partial charge on any atom is -0.289 e. The summed E-state index contributed by atoms with van der Waals surface area (Å²) < 4.78 is 24.1. The van der Waals surface area contributed by atoms with E-state index in [-0.39, 0.29) is 13.0 Å². The molecular weight excluding hydrogens is 390 g/mol. The van der Waals surface area contributed by atoms with Crippen molar-refractivity contribution in [2.24, 2.45) is 0 Å². The van der Waals surface area contributed by atoms with Crippen molar-refractivity contribution in [1.82, 2.24) is 15.3 Å². The molecule has 0 saturated heterocycles. The summed E-state index contributed by atoms with van der Waals surface area (Å²) in [6.45, 7) is 1.51. The van der Waals surface area contributed by atoms with Crippen LogP contribution in [0.2, 0.25) is 0 Å². The van der Waals surface area contributed by atoms with E-state index in [4.69, 9.17) is 5.21 Å². The number of hydrogen-bond acceptors (Lipinski definition) is 5. The maximum atomic E-state index is 12.1. The lowest BCUT2D eigenvalue weighted by Gasteiger charge is -2.25. The third kappa shape index (κ3) is 4.38. The first-order valence-electron chi connectivity index (χ1n) is 9.07. The van der Waals surface area contributed by atoms with Crippen molar-refractivity contribution >= 4 is 38.8 Å². The minimum atomic E-state index is -3.75. The van der Waals surface area contributed by atoms with Crippen molar-refractivity contribution < 1.29 is 18.4 Å². The van der Waals surface area contributed by atoms with E-state index in [1.165, 1.54) is 12.4 Å². The Morgan fingerprint density at radius 3 is 2.52 bits per heavy atom. The fourth-order valence-electron chi connectivity index (χ4n) is 3.05. The van der Waals surface area contributed by atoms with Gasteiger partial charge in [-0.2, -0.15) is 5.10 Å². The molecule has 0 aliphatic rings. The number of carbonyl (C=O) groups is 1. The predicted molar refractivity (Wildman–Crippen MR) is 113 cm³/mol. The van der Waals surface area contributed by atoms with Crippen molar-refractivity contribution in [2.75, 3.05) is 6.26 Å².